The molecule has 2 aromatic carbocycles. The molecule has 1 heterocycles. The molecule has 0 aliphatic carbocycles. The molecule has 1 aliphatic rings. The number of hydrogen-bond acceptors (Lipinski definition) is 4. The summed E-state index contributed by atoms with van der Waals surface area (Å²) in [5.41, 5.74) is 2.54. The van der Waals surface area contributed by atoms with Crippen molar-refractivity contribution in [2.75, 3.05) is 37.7 Å². The highest BCUT2D eigenvalue weighted by Gasteiger charge is 2.20. The first-order chi connectivity index (χ1) is 13.2. The van der Waals surface area contributed by atoms with Crippen molar-refractivity contribution in [1.82, 2.24) is 0 Å². The van der Waals surface area contributed by atoms with Crippen LogP contribution in [0.4, 0.5) is 11.4 Å². The van der Waals surface area contributed by atoms with Crippen molar-refractivity contribution in [3.63, 3.8) is 0 Å². The molecular formula is C21H28N3O3+. The fourth-order valence-corrected chi connectivity index (χ4v) is 3.37. The molecule has 1 aliphatic heterocycles. The molecule has 0 aromatic heterocycles. The number of nitrogens with one attached hydrogen (secondary N) is 1. The first-order valence-corrected chi connectivity index (χ1v) is 9.70. The van der Waals surface area contributed by atoms with E-state index in [-0.39, 0.29) is 10.6 Å². The van der Waals surface area contributed by atoms with Crippen LogP contribution in [0.1, 0.15) is 25.3 Å². The Hall–Kier alpha value is -2.60. The second-order valence-electron chi connectivity index (χ2n) is 7.03. The molecule has 2 aromatic rings. The number of nitrogens with zero attached hydrogens (tertiary/aromatic N) is 2. The smallest absolute Gasteiger partial charge is 0.269 e. The second kappa shape index (κ2) is 9.37. The van der Waals surface area contributed by atoms with Crippen LogP contribution in [0.3, 0.4) is 0 Å². The molecule has 0 saturated carbocycles. The molecule has 0 unspecified atom stereocenters. The van der Waals surface area contributed by atoms with Crippen molar-refractivity contribution < 1.29 is 14.6 Å². The van der Waals surface area contributed by atoms with Gasteiger partial charge in [0.15, 0.2) is 0 Å². The lowest BCUT2D eigenvalue weighted by molar-refractivity contribution is -0.914. The number of nitro benzene ring substituents is 1. The van der Waals surface area contributed by atoms with E-state index in [4.69, 9.17) is 4.74 Å². The van der Waals surface area contributed by atoms with Gasteiger partial charge in [-0.15, -0.1) is 0 Å². The largest absolute Gasteiger partial charge is 0.494 e. The molecule has 1 fully saturated rings. The molecule has 27 heavy (non-hydrogen) atoms. The number of nitro groups is 1. The monoisotopic (exact) mass is 370 g/mol. The number of hydrogen-bond donors (Lipinski definition) is 1. The van der Waals surface area contributed by atoms with Crippen molar-refractivity contribution in [2.24, 2.45) is 0 Å². The van der Waals surface area contributed by atoms with E-state index < -0.39 is 0 Å². The van der Waals surface area contributed by atoms with Crippen LogP contribution >= 0.6 is 0 Å². The number of benzene rings is 2. The molecule has 1 N–H and O–H groups in total. The zero-order chi connectivity index (χ0) is 19.1. The third-order valence-corrected chi connectivity index (χ3v) is 5.04. The van der Waals surface area contributed by atoms with Gasteiger partial charge in [0.05, 0.1) is 37.7 Å². The van der Waals surface area contributed by atoms with Gasteiger partial charge in [0.2, 0.25) is 0 Å². The summed E-state index contributed by atoms with van der Waals surface area (Å²) in [5, 5.41) is 10.8. The third kappa shape index (κ3) is 5.44. The van der Waals surface area contributed by atoms with E-state index in [9.17, 15) is 10.1 Å². The minimum absolute atomic E-state index is 0.144. The number of non-ortho nitro benzene ring substituents is 1. The zero-order valence-electron chi connectivity index (χ0n) is 15.9. The maximum absolute atomic E-state index is 10.8. The lowest BCUT2D eigenvalue weighted by Crippen LogP contribution is -3.13. The summed E-state index contributed by atoms with van der Waals surface area (Å²) in [6.07, 6.45) is 2.23. The summed E-state index contributed by atoms with van der Waals surface area (Å²) >= 11 is 0. The Morgan fingerprint density at radius 3 is 2.33 bits per heavy atom. The van der Waals surface area contributed by atoms with E-state index in [1.165, 1.54) is 5.56 Å². The van der Waals surface area contributed by atoms with Crippen LogP contribution < -0.4 is 14.5 Å². The number of piperazine rings is 1. The number of rotatable bonds is 8. The van der Waals surface area contributed by atoms with Gasteiger partial charge in [0.1, 0.15) is 12.3 Å². The third-order valence-electron chi connectivity index (χ3n) is 5.04. The van der Waals surface area contributed by atoms with E-state index in [0.717, 1.165) is 63.6 Å². The molecule has 1 saturated heterocycles. The van der Waals surface area contributed by atoms with Gasteiger partial charge in [-0.3, -0.25) is 10.1 Å². The number of anilines is 1. The van der Waals surface area contributed by atoms with Crippen LogP contribution in [0.2, 0.25) is 0 Å². The van der Waals surface area contributed by atoms with Gasteiger partial charge in [-0.1, -0.05) is 13.3 Å². The zero-order valence-corrected chi connectivity index (χ0v) is 15.9. The first kappa shape index (κ1) is 19.2. The van der Waals surface area contributed by atoms with Crippen LogP contribution in [0, 0.1) is 10.1 Å². The molecular weight excluding hydrogens is 342 g/mol. The number of ether oxygens (including phenoxy) is 1. The first-order valence-electron chi connectivity index (χ1n) is 9.70. The van der Waals surface area contributed by atoms with Gasteiger partial charge in [0, 0.05) is 23.4 Å². The summed E-state index contributed by atoms with van der Waals surface area (Å²) in [6, 6.07) is 15.3. The van der Waals surface area contributed by atoms with Crippen molar-refractivity contribution in [3.05, 3.63) is 64.2 Å². The molecule has 144 valence electrons. The van der Waals surface area contributed by atoms with Crippen LogP contribution in [-0.2, 0) is 6.54 Å². The second-order valence-corrected chi connectivity index (χ2v) is 7.03. The van der Waals surface area contributed by atoms with Gasteiger partial charge in [0.25, 0.3) is 5.69 Å². The minimum Gasteiger partial charge on any atom is -0.494 e. The average Bonchev–Trinajstić information content (AvgIpc) is 2.70. The summed E-state index contributed by atoms with van der Waals surface area (Å²) in [7, 11) is 0. The highest BCUT2D eigenvalue weighted by molar-refractivity contribution is 5.51. The average molecular weight is 370 g/mol. The summed E-state index contributed by atoms with van der Waals surface area (Å²) in [5.74, 6) is 0.949. The molecule has 0 spiro atoms. The van der Waals surface area contributed by atoms with Crippen molar-refractivity contribution in [1.29, 1.82) is 0 Å². The predicted molar refractivity (Wildman–Crippen MR) is 107 cm³/mol. The van der Waals surface area contributed by atoms with Gasteiger partial charge in [-0.05, 0) is 42.8 Å². The van der Waals surface area contributed by atoms with Crippen LogP contribution in [-0.4, -0.2) is 37.7 Å². The quantitative estimate of drug-likeness (QED) is 0.441. The van der Waals surface area contributed by atoms with Crippen LogP contribution in [0.15, 0.2) is 48.5 Å². The molecule has 0 radical (unpaired) electrons. The Bertz CT molecular complexity index is 723. The van der Waals surface area contributed by atoms with E-state index in [1.54, 1.807) is 17.0 Å². The van der Waals surface area contributed by atoms with E-state index in [0.29, 0.717) is 0 Å². The lowest BCUT2D eigenvalue weighted by Gasteiger charge is -2.33. The van der Waals surface area contributed by atoms with Crippen LogP contribution in [0.5, 0.6) is 5.75 Å². The number of quaternary nitrogens is 1. The molecule has 0 atom stereocenters. The molecule has 0 amide bonds. The molecule has 6 heteroatoms. The Morgan fingerprint density at radius 2 is 1.74 bits per heavy atom. The van der Waals surface area contributed by atoms with E-state index >= 15 is 0 Å². The van der Waals surface area contributed by atoms with Gasteiger partial charge < -0.3 is 14.5 Å². The normalized spacial score (nSPS) is 14.9. The standard InChI is InChI=1S/C21H27N3O3/c1-2-3-16-27-21-10-4-18(5-11-21)17-22-12-14-23(15-13-22)19-6-8-20(9-7-19)24(25)26/h4-11H,2-3,12-17H2,1H3/p+1. The Kier molecular flexibility index (Phi) is 6.65. The van der Waals surface area contributed by atoms with Crippen LogP contribution in [0.25, 0.3) is 0 Å². The molecule has 6 nitrogen and oxygen atoms in total. The summed E-state index contributed by atoms with van der Waals surface area (Å²) < 4.78 is 5.72. The summed E-state index contributed by atoms with van der Waals surface area (Å²) in [4.78, 5) is 14.3. The van der Waals surface area contributed by atoms with Gasteiger partial charge >= 0.3 is 0 Å². The Balaban J connectivity index is 1.47. The van der Waals surface area contributed by atoms with E-state index in [1.807, 2.05) is 12.1 Å². The Labute approximate surface area is 160 Å². The fraction of sp³-hybridized carbons (Fsp3) is 0.429. The topological polar surface area (TPSA) is 60.0 Å². The lowest BCUT2D eigenvalue weighted by atomic mass is 10.1. The SMILES string of the molecule is CCCCOc1ccc(C[NH+]2CCN(c3ccc([N+](=O)[O-])cc3)CC2)cc1. The highest BCUT2D eigenvalue weighted by atomic mass is 16.6. The molecule has 3 rings (SSSR count). The number of unbranched alkanes of at least 4 members (excludes halogenated alkanes) is 1. The summed E-state index contributed by atoms with van der Waals surface area (Å²) in [6.45, 7) is 8.01. The molecule has 0 bridgehead atoms. The van der Waals surface area contributed by atoms with Gasteiger partial charge in [-0.25, -0.2) is 0 Å². The van der Waals surface area contributed by atoms with Crippen molar-refractivity contribution >= 4 is 11.4 Å². The predicted octanol–water partition coefficient (Wildman–Crippen LogP) is 2.68. The maximum Gasteiger partial charge on any atom is 0.269 e. The van der Waals surface area contributed by atoms with Crippen molar-refractivity contribution in [3.8, 4) is 5.75 Å². The maximum atomic E-state index is 10.8. The highest BCUT2D eigenvalue weighted by Crippen LogP contribution is 2.19. The minimum atomic E-state index is -0.355. The van der Waals surface area contributed by atoms with Crippen molar-refractivity contribution in [2.45, 2.75) is 26.3 Å². The van der Waals surface area contributed by atoms with Gasteiger partial charge in [-0.2, -0.15) is 0 Å². The van der Waals surface area contributed by atoms with E-state index in [2.05, 4.69) is 36.1 Å². The Morgan fingerprint density at radius 1 is 1.07 bits per heavy atom. The fourth-order valence-electron chi connectivity index (χ4n) is 3.37.